The molecule has 0 bridgehead atoms. The van der Waals surface area contributed by atoms with Crippen molar-refractivity contribution in [1.82, 2.24) is 14.9 Å². The summed E-state index contributed by atoms with van der Waals surface area (Å²) in [4.78, 5) is 13.7. The Morgan fingerprint density at radius 1 is 1.47 bits per heavy atom. The number of hydrogen-bond acceptors (Lipinski definition) is 4. The maximum atomic E-state index is 13.4. The summed E-state index contributed by atoms with van der Waals surface area (Å²) in [5, 5.41) is 13.6. The zero-order valence-electron chi connectivity index (χ0n) is 10.1. The lowest BCUT2D eigenvalue weighted by Gasteiger charge is -2.05. The van der Waals surface area contributed by atoms with E-state index in [0.29, 0.717) is 18.7 Å². The minimum Gasteiger partial charge on any atom is -0.336 e. The molecule has 100 valence electrons. The first-order chi connectivity index (χ1) is 9.16. The van der Waals surface area contributed by atoms with Crippen LogP contribution >= 0.6 is 0 Å². The zero-order chi connectivity index (χ0) is 13.7. The third-order valence-corrected chi connectivity index (χ3v) is 2.64. The maximum Gasteiger partial charge on any atom is 0.304 e. The van der Waals surface area contributed by atoms with E-state index in [-0.39, 0.29) is 0 Å². The number of hydrogen-bond donors (Lipinski definition) is 1. The molecule has 1 aromatic heterocycles. The van der Waals surface area contributed by atoms with Gasteiger partial charge in [0.2, 0.25) is 5.82 Å². The van der Waals surface area contributed by atoms with Gasteiger partial charge in [0.05, 0.1) is 11.3 Å². The number of nitrogens with zero attached hydrogens (tertiary/aromatic N) is 3. The molecule has 0 radical (unpaired) electrons. The van der Waals surface area contributed by atoms with E-state index < -0.39 is 16.4 Å². The second kappa shape index (κ2) is 6.05. The van der Waals surface area contributed by atoms with Crippen LogP contribution in [0.4, 0.5) is 10.1 Å². The van der Waals surface area contributed by atoms with Gasteiger partial charge in [0.15, 0.2) is 0 Å². The first-order valence-electron chi connectivity index (χ1n) is 5.76. The van der Waals surface area contributed by atoms with E-state index in [4.69, 9.17) is 0 Å². The Morgan fingerprint density at radius 2 is 2.32 bits per heavy atom. The van der Waals surface area contributed by atoms with Gasteiger partial charge in [-0.1, -0.05) is 6.07 Å². The molecule has 2 aromatic rings. The van der Waals surface area contributed by atoms with Crippen molar-refractivity contribution in [2.75, 3.05) is 6.54 Å². The maximum absolute atomic E-state index is 13.4. The third-order valence-electron chi connectivity index (χ3n) is 2.64. The van der Waals surface area contributed by atoms with Gasteiger partial charge in [-0.05, 0) is 11.6 Å². The largest absolute Gasteiger partial charge is 0.336 e. The number of halogens is 1. The molecule has 0 aliphatic carbocycles. The monoisotopic (exact) mass is 264 g/mol. The van der Waals surface area contributed by atoms with Gasteiger partial charge < -0.3 is 9.88 Å². The minimum absolute atomic E-state index is 0.462. The summed E-state index contributed by atoms with van der Waals surface area (Å²) in [6.45, 7) is 1.92. The Kier molecular flexibility index (Phi) is 4.19. The normalized spacial score (nSPS) is 10.6. The van der Waals surface area contributed by atoms with E-state index in [1.54, 1.807) is 18.6 Å². The topological polar surface area (TPSA) is 73.0 Å². The number of imidazole rings is 1. The molecule has 0 amide bonds. The Morgan fingerprint density at radius 3 is 2.95 bits per heavy atom. The number of nitro groups is 1. The smallest absolute Gasteiger partial charge is 0.304 e. The van der Waals surface area contributed by atoms with Crippen LogP contribution in [0, 0.1) is 15.9 Å². The van der Waals surface area contributed by atoms with E-state index in [1.165, 1.54) is 12.1 Å². The number of nitrogens with one attached hydrogen (secondary N) is 1. The molecule has 0 spiro atoms. The summed E-state index contributed by atoms with van der Waals surface area (Å²) in [6.07, 6.45) is 5.27. The fraction of sp³-hybridized carbons (Fsp3) is 0.250. The van der Waals surface area contributed by atoms with Crippen LogP contribution in [-0.4, -0.2) is 21.0 Å². The summed E-state index contributed by atoms with van der Waals surface area (Å²) in [5.41, 5.74) is 0.177. The highest BCUT2D eigenvalue weighted by atomic mass is 19.1. The quantitative estimate of drug-likeness (QED) is 0.490. The Labute approximate surface area is 109 Å². The van der Waals surface area contributed by atoms with Gasteiger partial charge >= 0.3 is 5.69 Å². The molecule has 0 fully saturated rings. The van der Waals surface area contributed by atoms with E-state index in [0.717, 1.165) is 6.54 Å². The molecule has 0 aliphatic heterocycles. The fourth-order valence-electron chi connectivity index (χ4n) is 1.67. The van der Waals surface area contributed by atoms with Crippen molar-refractivity contribution in [3.63, 3.8) is 0 Å². The SMILES string of the molecule is O=[N+]([O-])c1ccc(CNCCn2ccnc2)cc1F. The van der Waals surface area contributed by atoms with E-state index in [1.807, 2.05) is 10.8 Å². The molecule has 0 unspecified atom stereocenters. The van der Waals surface area contributed by atoms with Crippen molar-refractivity contribution < 1.29 is 9.31 Å². The summed E-state index contributed by atoms with van der Waals surface area (Å²) in [5.74, 6) is -0.807. The van der Waals surface area contributed by atoms with Crippen LogP contribution in [0.2, 0.25) is 0 Å². The van der Waals surface area contributed by atoms with E-state index >= 15 is 0 Å². The average Bonchev–Trinajstić information content (AvgIpc) is 2.87. The highest BCUT2D eigenvalue weighted by Gasteiger charge is 2.13. The number of benzene rings is 1. The molecule has 1 N–H and O–H groups in total. The number of rotatable bonds is 6. The minimum atomic E-state index is -0.807. The average molecular weight is 264 g/mol. The van der Waals surface area contributed by atoms with Crippen molar-refractivity contribution in [1.29, 1.82) is 0 Å². The van der Waals surface area contributed by atoms with Crippen molar-refractivity contribution >= 4 is 5.69 Å². The fourth-order valence-corrected chi connectivity index (χ4v) is 1.67. The first kappa shape index (κ1) is 13.2. The van der Waals surface area contributed by atoms with Crippen LogP contribution in [0.1, 0.15) is 5.56 Å². The molecule has 1 heterocycles. The van der Waals surface area contributed by atoms with Crippen LogP contribution in [0.5, 0.6) is 0 Å². The second-order valence-corrected chi connectivity index (χ2v) is 4.02. The standard InChI is InChI=1S/C12H13FN4O2/c13-11-7-10(1-2-12(11)17(18)19)8-14-3-5-16-6-4-15-9-16/h1-2,4,6-7,9,14H,3,5,8H2. The predicted octanol–water partition coefficient (Wildman–Crippen LogP) is 1.72. The van der Waals surface area contributed by atoms with E-state index in [9.17, 15) is 14.5 Å². The summed E-state index contributed by atoms with van der Waals surface area (Å²) < 4.78 is 15.3. The Balaban J connectivity index is 1.83. The number of nitro benzene ring substituents is 1. The molecule has 1 aromatic carbocycles. The molecular formula is C12H13FN4O2. The summed E-state index contributed by atoms with van der Waals surface area (Å²) >= 11 is 0. The van der Waals surface area contributed by atoms with Gasteiger partial charge in [-0.15, -0.1) is 0 Å². The Bertz CT molecular complexity index is 557. The van der Waals surface area contributed by atoms with Gasteiger partial charge in [0.1, 0.15) is 0 Å². The molecule has 0 aliphatic rings. The third kappa shape index (κ3) is 3.59. The molecular weight excluding hydrogens is 251 g/mol. The highest BCUT2D eigenvalue weighted by Crippen LogP contribution is 2.17. The molecule has 19 heavy (non-hydrogen) atoms. The summed E-state index contributed by atoms with van der Waals surface area (Å²) in [7, 11) is 0. The summed E-state index contributed by atoms with van der Waals surface area (Å²) in [6, 6.07) is 3.91. The van der Waals surface area contributed by atoms with Gasteiger partial charge in [-0.2, -0.15) is 4.39 Å². The molecule has 0 atom stereocenters. The van der Waals surface area contributed by atoms with Crippen molar-refractivity contribution in [3.8, 4) is 0 Å². The van der Waals surface area contributed by atoms with Crippen molar-refractivity contribution in [2.45, 2.75) is 13.1 Å². The van der Waals surface area contributed by atoms with Crippen LogP contribution in [0.3, 0.4) is 0 Å². The second-order valence-electron chi connectivity index (χ2n) is 4.02. The van der Waals surface area contributed by atoms with Crippen molar-refractivity contribution in [3.05, 3.63) is 58.4 Å². The predicted molar refractivity (Wildman–Crippen MR) is 67.0 cm³/mol. The van der Waals surface area contributed by atoms with Crippen LogP contribution in [0.25, 0.3) is 0 Å². The highest BCUT2D eigenvalue weighted by molar-refractivity contribution is 5.34. The van der Waals surface area contributed by atoms with Gasteiger partial charge in [0, 0.05) is 38.1 Å². The van der Waals surface area contributed by atoms with Gasteiger partial charge in [-0.25, -0.2) is 4.98 Å². The lowest BCUT2D eigenvalue weighted by Crippen LogP contribution is -2.19. The first-order valence-corrected chi connectivity index (χ1v) is 5.76. The Hall–Kier alpha value is -2.28. The zero-order valence-corrected chi connectivity index (χ0v) is 10.1. The van der Waals surface area contributed by atoms with Crippen molar-refractivity contribution in [2.24, 2.45) is 0 Å². The molecule has 2 rings (SSSR count). The van der Waals surface area contributed by atoms with Gasteiger partial charge in [-0.3, -0.25) is 10.1 Å². The molecule has 7 heteroatoms. The van der Waals surface area contributed by atoms with Crippen LogP contribution < -0.4 is 5.32 Å². The molecule has 0 saturated heterocycles. The number of aromatic nitrogens is 2. The van der Waals surface area contributed by atoms with Gasteiger partial charge in [0.25, 0.3) is 0 Å². The van der Waals surface area contributed by atoms with E-state index in [2.05, 4.69) is 10.3 Å². The molecule has 0 saturated carbocycles. The lowest BCUT2D eigenvalue weighted by molar-refractivity contribution is -0.387. The van der Waals surface area contributed by atoms with Crippen LogP contribution in [0.15, 0.2) is 36.9 Å². The van der Waals surface area contributed by atoms with Crippen LogP contribution in [-0.2, 0) is 13.1 Å². The molecule has 6 nitrogen and oxygen atoms in total. The lowest BCUT2D eigenvalue weighted by atomic mass is 10.2.